The summed E-state index contributed by atoms with van der Waals surface area (Å²) in [7, 11) is 0. The van der Waals surface area contributed by atoms with Gasteiger partial charge in [0, 0.05) is 0 Å². The lowest BCUT2D eigenvalue weighted by Crippen LogP contribution is -2.22. The fourth-order valence-electron chi connectivity index (χ4n) is 0.770. The molecule has 0 heterocycles. The summed E-state index contributed by atoms with van der Waals surface area (Å²) in [6, 6.07) is 9.82. The molecular formula is C9H14N2O. The third-order valence-corrected chi connectivity index (χ3v) is 1.35. The highest BCUT2D eigenvalue weighted by Gasteiger charge is 1.86. The minimum absolute atomic E-state index is 0.708. The monoisotopic (exact) mass is 166 g/mol. The van der Waals surface area contributed by atoms with Crippen LogP contribution in [-0.4, -0.2) is 6.61 Å². The van der Waals surface area contributed by atoms with E-state index in [0.29, 0.717) is 6.61 Å². The topological polar surface area (TPSA) is 33.3 Å². The average molecular weight is 166 g/mol. The van der Waals surface area contributed by atoms with Crippen molar-refractivity contribution in [2.75, 3.05) is 12.0 Å². The third-order valence-electron chi connectivity index (χ3n) is 1.35. The number of benzene rings is 1. The predicted molar refractivity (Wildman–Crippen MR) is 49.4 cm³/mol. The minimum Gasteiger partial charge on any atom is -0.299 e. The molecule has 1 aromatic carbocycles. The molecule has 0 saturated heterocycles. The first-order valence-corrected chi connectivity index (χ1v) is 4.11. The molecule has 0 spiro atoms. The number of nitrogens with one attached hydrogen (secondary N) is 2. The van der Waals surface area contributed by atoms with Gasteiger partial charge >= 0.3 is 0 Å². The molecule has 0 saturated carbocycles. The fourth-order valence-corrected chi connectivity index (χ4v) is 0.770. The zero-order valence-corrected chi connectivity index (χ0v) is 7.21. The van der Waals surface area contributed by atoms with Crippen LogP contribution in [0.5, 0.6) is 0 Å². The molecule has 2 N–H and O–H groups in total. The van der Waals surface area contributed by atoms with E-state index in [1.165, 1.54) is 0 Å². The molecule has 0 aromatic heterocycles. The van der Waals surface area contributed by atoms with Crippen molar-refractivity contribution in [1.29, 1.82) is 0 Å². The molecule has 12 heavy (non-hydrogen) atoms. The van der Waals surface area contributed by atoms with Crippen molar-refractivity contribution in [1.82, 2.24) is 5.59 Å². The second-order valence-electron chi connectivity index (χ2n) is 2.44. The summed E-state index contributed by atoms with van der Waals surface area (Å²) < 4.78 is 0. The van der Waals surface area contributed by atoms with Gasteiger partial charge in [0.15, 0.2) is 0 Å². The fraction of sp³-hybridized carbons (Fsp3) is 0.333. The van der Waals surface area contributed by atoms with Gasteiger partial charge in [-0.15, -0.1) is 5.59 Å². The summed E-state index contributed by atoms with van der Waals surface area (Å²) in [6.45, 7) is 2.77. The highest BCUT2D eigenvalue weighted by atomic mass is 16.7. The summed E-state index contributed by atoms with van der Waals surface area (Å²) in [5.74, 6) is 0. The largest absolute Gasteiger partial charge is 0.299 e. The van der Waals surface area contributed by atoms with Crippen LogP contribution in [0, 0.1) is 0 Å². The van der Waals surface area contributed by atoms with Crippen LogP contribution in [0.3, 0.4) is 0 Å². The van der Waals surface area contributed by atoms with E-state index in [0.717, 1.165) is 12.1 Å². The number of para-hydroxylation sites is 1. The Kier molecular flexibility index (Phi) is 4.19. The van der Waals surface area contributed by atoms with Crippen molar-refractivity contribution >= 4 is 5.69 Å². The van der Waals surface area contributed by atoms with Crippen molar-refractivity contribution in [3.8, 4) is 0 Å². The summed E-state index contributed by atoms with van der Waals surface area (Å²) >= 11 is 0. The van der Waals surface area contributed by atoms with Crippen molar-refractivity contribution in [2.24, 2.45) is 0 Å². The Morgan fingerprint density at radius 2 is 2.00 bits per heavy atom. The molecule has 0 fully saturated rings. The Balaban J connectivity index is 2.16. The molecule has 3 heteroatoms. The summed E-state index contributed by atoms with van der Waals surface area (Å²) in [4.78, 5) is 5.03. The molecule has 0 bridgehead atoms. The molecule has 0 atom stereocenters. The van der Waals surface area contributed by atoms with E-state index in [4.69, 9.17) is 4.84 Å². The van der Waals surface area contributed by atoms with Gasteiger partial charge < -0.3 is 0 Å². The smallest absolute Gasteiger partial charge is 0.0701 e. The molecule has 0 unspecified atom stereocenters. The SMILES string of the molecule is CCCONNc1ccccc1. The van der Waals surface area contributed by atoms with Crippen LogP contribution in [0.4, 0.5) is 5.69 Å². The van der Waals surface area contributed by atoms with Gasteiger partial charge in [0.05, 0.1) is 12.3 Å². The normalized spacial score (nSPS) is 9.75. The van der Waals surface area contributed by atoms with Gasteiger partial charge in [-0.3, -0.25) is 10.3 Å². The zero-order chi connectivity index (χ0) is 8.65. The van der Waals surface area contributed by atoms with Crippen LogP contribution in [0.25, 0.3) is 0 Å². The Hall–Kier alpha value is -1.06. The molecule has 1 aromatic rings. The Labute approximate surface area is 72.7 Å². The van der Waals surface area contributed by atoms with E-state index in [1.54, 1.807) is 0 Å². The quantitative estimate of drug-likeness (QED) is 0.518. The van der Waals surface area contributed by atoms with Gasteiger partial charge in [0.1, 0.15) is 0 Å². The van der Waals surface area contributed by atoms with Crippen molar-refractivity contribution < 1.29 is 4.84 Å². The lowest BCUT2D eigenvalue weighted by atomic mass is 10.3. The first-order chi connectivity index (χ1) is 5.93. The molecule has 0 amide bonds. The van der Waals surface area contributed by atoms with Gasteiger partial charge in [0.25, 0.3) is 0 Å². The first-order valence-electron chi connectivity index (χ1n) is 4.11. The van der Waals surface area contributed by atoms with E-state index in [1.807, 2.05) is 30.3 Å². The summed E-state index contributed by atoms with van der Waals surface area (Å²) in [5, 5.41) is 0. The van der Waals surface area contributed by atoms with Crippen LogP contribution in [0.2, 0.25) is 0 Å². The van der Waals surface area contributed by atoms with Crippen molar-refractivity contribution in [3.63, 3.8) is 0 Å². The minimum atomic E-state index is 0.708. The van der Waals surface area contributed by atoms with Gasteiger partial charge in [-0.2, -0.15) is 0 Å². The number of anilines is 1. The third kappa shape index (κ3) is 3.37. The van der Waals surface area contributed by atoms with Crippen LogP contribution < -0.4 is 11.0 Å². The molecule has 3 nitrogen and oxygen atoms in total. The second kappa shape index (κ2) is 5.57. The van der Waals surface area contributed by atoms with Crippen LogP contribution in [0.15, 0.2) is 30.3 Å². The standard InChI is InChI=1S/C9H14N2O/c1-2-8-12-11-10-9-6-4-3-5-7-9/h3-7,10-11H,2,8H2,1H3. The summed E-state index contributed by atoms with van der Waals surface area (Å²) in [6.07, 6.45) is 1.00. The maximum Gasteiger partial charge on any atom is 0.0701 e. The van der Waals surface area contributed by atoms with Crippen LogP contribution in [-0.2, 0) is 4.84 Å². The Morgan fingerprint density at radius 1 is 1.25 bits per heavy atom. The number of hydrogen-bond acceptors (Lipinski definition) is 3. The number of hydrazine groups is 1. The summed E-state index contributed by atoms with van der Waals surface area (Å²) in [5.41, 5.74) is 6.55. The van der Waals surface area contributed by atoms with E-state index < -0.39 is 0 Å². The van der Waals surface area contributed by atoms with E-state index in [9.17, 15) is 0 Å². The van der Waals surface area contributed by atoms with Crippen molar-refractivity contribution in [2.45, 2.75) is 13.3 Å². The average Bonchev–Trinajstić information content (AvgIpc) is 2.14. The number of hydrogen-bond donors (Lipinski definition) is 2. The van der Waals surface area contributed by atoms with Gasteiger partial charge in [-0.1, -0.05) is 25.1 Å². The van der Waals surface area contributed by atoms with E-state index in [2.05, 4.69) is 17.9 Å². The predicted octanol–water partition coefficient (Wildman–Crippen LogP) is 1.94. The van der Waals surface area contributed by atoms with E-state index in [-0.39, 0.29) is 0 Å². The first kappa shape index (κ1) is 9.03. The van der Waals surface area contributed by atoms with Gasteiger partial charge in [0.2, 0.25) is 0 Å². The molecule has 66 valence electrons. The Morgan fingerprint density at radius 3 is 2.67 bits per heavy atom. The lowest BCUT2D eigenvalue weighted by molar-refractivity contribution is 0.0576. The molecular weight excluding hydrogens is 152 g/mol. The molecule has 1 rings (SSSR count). The Bertz CT molecular complexity index is 201. The highest BCUT2D eigenvalue weighted by molar-refractivity contribution is 5.40. The second-order valence-corrected chi connectivity index (χ2v) is 2.44. The van der Waals surface area contributed by atoms with Gasteiger partial charge in [-0.05, 0) is 18.6 Å². The van der Waals surface area contributed by atoms with Crippen LogP contribution in [0.1, 0.15) is 13.3 Å². The molecule has 0 aliphatic rings. The highest BCUT2D eigenvalue weighted by Crippen LogP contribution is 2.02. The zero-order valence-electron chi connectivity index (χ0n) is 7.21. The molecule has 0 aliphatic carbocycles. The maximum atomic E-state index is 5.03. The lowest BCUT2D eigenvalue weighted by Gasteiger charge is -2.06. The molecule has 0 radical (unpaired) electrons. The molecule has 0 aliphatic heterocycles. The van der Waals surface area contributed by atoms with Crippen LogP contribution >= 0.6 is 0 Å². The maximum absolute atomic E-state index is 5.03. The van der Waals surface area contributed by atoms with E-state index >= 15 is 0 Å². The van der Waals surface area contributed by atoms with Gasteiger partial charge in [-0.25, -0.2) is 0 Å². The number of rotatable bonds is 5. The van der Waals surface area contributed by atoms with Crippen molar-refractivity contribution in [3.05, 3.63) is 30.3 Å².